The molecule has 1 aromatic carbocycles. The first-order valence-electron chi connectivity index (χ1n) is 6.47. The van der Waals surface area contributed by atoms with Crippen LogP contribution in [0.4, 0.5) is 5.69 Å². The Hall–Kier alpha value is -1.84. The Kier molecular flexibility index (Phi) is 5.55. The maximum Gasteiger partial charge on any atom is 0.308 e. The van der Waals surface area contributed by atoms with Gasteiger partial charge in [0.15, 0.2) is 0 Å². The van der Waals surface area contributed by atoms with Gasteiger partial charge in [-0.25, -0.2) is 0 Å². The van der Waals surface area contributed by atoms with E-state index in [1.54, 1.807) is 19.9 Å². The molecule has 1 amide bonds. The maximum atomic E-state index is 11.7. The lowest BCUT2D eigenvalue weighted by Gasteiger charge is -2.13. The number of amides is 1. The van der Waals surface area contributed by atoms with Gasteiger partial charge >= 0.3 is 5.97 Å². The summed E-state index contributed by atoms with van der Waals surface area (Å²) >= 11 is 0. The minimum atomic E-state index is -0.245. The first-order valence-corrected chi connectivity index (χ1v) is 6.47. The highest BCUT2D eigenvalue weighted by Crippen LogP contribution is 2.17. The molecule has 0 atom stereocenters. The predicted octanol–water partition coefficient (Wildman–Crippen LogP) is 2.98. The summed E-state index contributed by atoms with van der Waals surface area (Å²) in [6.45, 7) is 7.41. The van der Waals surface area contributed by atoms with Crippen molar-refractivity contribution in [3.63, 3.8) is 0 Å². The van der Waals surface area contributed by atoms with Gasteiger partial charge in [0, 0.05) is 17.2 Å². The zero-order valence-corrected chi connectivity index (χ0v) is 11.9. The molecule has 4 nitrogen and oxygen atoms in total. The van der Waals surface area contributed by atoms with Gasteiger partial charge in [0.05, 0.1) is 5.92 Å². The van der Waals surface area contributed by atoms with Crippen LogP contribution in [0.5, 0.6) is 0 Å². The Morgan fingerprint density at radius 3 is 2.32 bits per heavy atom. The predicted molar refractivity (Wildman–Crippen MR) is 74.5 cm³/mol. The molecule has 19 heavy (non-hydrogen) atoms. The lowest BCUT2D eigenvalue weighted by Crippen LogP contribution is -2.19. The molecule has 0 fully saturated rings. The van der Waals surface area contributed by atoms with E-state index in [-0.39, 0.29) is 30.3 Å². The molecule has 0 spiro atoms. The highest BCUT2D eigenvalue weighted by molar-refractivity contribution is 5.92. The van der Waals surface area contributed by atoms with Gasteiger partial charge in [0.2, 0.25) is 5.91 Å². The van der Waals surface area contributed by atoms with E-state index in [1.807, 2.05) is 32.0 Å². The number of para-hydroxylation sites is 1. The van der Waals surface area contributed by atoms with Crippen LogP contribution < -0.4 is 5.32 Å². The first-order chi connectivity index (χ1) is 8.91. The molecule has 4 heteroatoms. The van der Waals surface area contributed by atoms with E-state index < -0.39 is 0 Å². The number of rotatable bonds is 5. The molecule has 1 N–H and O–H groups in total. The number of nitrogens with one attached hydrogen (secondary N) is 1. The summed E-state index contributed by atoms with van der Waals surface area (Å²) < 4.78 is 5.18. The lowest BCUT2D eigenvalue weighted by atomic mass is 10.1. The Morgan fingerprint density at radius 1 is 1.11 bits per heavy atom. The zero-order valence-electron chi connectivity index (χ0n) is 11.9. The fraction of sp³-hybridized carbons (Fsp3) is 0.467. The van der Waals surface area contributed by atoms with Gasteiger partial charge in [0.1, 0.15) is 6.61 Å². The number of hydrogen-bond acceptors (Lipinski definition) is 3. The van der Waals surface area contributed by atoms with Gasteiger partial charge in [-0.3, -0.25) is 9.59 Å². The van der Waals surface area contributed by atoms with Crippen LogP contribution in [-0.4, -0.2) is 11.9 Å². The molecule has 0 bridgehead atoms. The quantitative estimate of drug-likeness (QED) is 0.831. The Bertz CT molecular complexity index is 452. The van der Waals surface area contributed by atoms with Crippen molar-refractivity contribution in [2.75, 3.05) is 5.32 Å². The van der Waals surface area contributed by atoms with Crippen LogP contribution in [0.15, 0.2) is 24.3 Å². The van der Waals surface area contributed by atoms with Crippen molar-refractivity contribution in [3.05, 3.63) is 29.8 Å². The second kappa shape index (κ2) is 6.92. The SMILES string of the molecule is CC(C)C(=O)Nc1ccccc1COC(=O)C(C)C. The molecule has 1 rings (SSSR count). The summed E-state index contributed by atoms with van der Waals surface area (Å²) in [5.74, 6) is -0.545. The minimum absolute atomic E-state index is 0.0531. The number of carbonyl (C=O) groups is 2. The standard InChI is InChI=1S/C15H21NO3/c1-10(2)14(17)16-13-8-6-5-7-12(13)9-19-15(18)11(3)4/h5-8,10-11H,9H2,1-4H3,(H,16,17). The van der Waals surface area contributed by atoms with Crippen LogP contribution in [-0.2, 0) is 20.9 Å². The fourth-order valence-electron chi connectivity index (χ4n) is 1.36. The molecule has 1 aromatic rings. The van der Waals surface area contributed by atoms with Crippen molar-refractivity contribution in [2.45, 2.75) is 34.3 Å². The Morgan fingerprint density at radius 2 is 1.74 bits per heavy atom. The van der Waals surface area contributed by atoms with Gasteiger partial charge in [-0.05, 0) is 6.07 Å². The van der Waals surface area contributed by atoms with E-state index in [0.29, 0.717) is 5.69 Å². The van der Waals surface area contributed by atoms with Crippen LogP contribution in [0.3, 0.4) is 0 Å². The average Bonchev–Trinajstić information content (AvgIpc) is 2.36. The summed E-state index contributed by atoms with van der Waals surface area (Å²) in [5, 5.41) is 2.83. The van der Waals surface area contributed by atoms with Gasteiger partial charge in [0.25, 0.3) is 0 Å². The van der Waals surface area contributed by atoms with E-state index in [1.165, 1.54) is 0 Å². The Balaban J connectivity index is 2.73. The molecular weight excluding hydrogens is 242 g/mol. The number of ether oxygens (including phenoxy) is 1. The van der Waals surface area contributed by atoms with Gasteiger partial charge in [-0.15, -0.1) is 0 Å². The van der Waals surface area contributed by atoms with Crippen molar-refractivity contribution in [2.24, 2.45) is 11.8 Å². The topological polar surface area (TPSA) is 55.4 Å². The Labute approximate surface area is 114 Å². The largest absolute Gasteiger partial charge is 0.461 e. The van der Waals surface area contributed by atoms with E-state index in [0.717, 1.165) is 5.56 Å². The monoisotopic (exact) mass is 263 g/mol. The molecule has 0 saturated heterocycles. The minimum Gasteiger partial charge on any atom is -0.461 e. The van der Waals surface area contributed by atoms with Gasteiger partial charge < -0.3 is 10.1 Å². The molecule has 0 radical (unpaired) electrons. The normalized spacial score (nSPS) is 10.6. The first kappa shape index (κ1) is 15.2. The summed E-state index contributed by atoms with van der Waals surface area (Å²) in [6, 6.07) is 7.33. The lowest BCUT2D eigenvalue weighted by molar-refractivity contribution is -0.148. The molecule has 0 unspecified atom stereocenters. The summed E-state index contributed by atoms with van der Waals surface area (Å²) in [4.78, 5) is 23.1. The summed E-state index contributed by atoms with van der Waals surface area (Å²) in [5.41, 5.74) is 1.49. The van der Waals surface area contributed by atoms with Crippen molar-refractivity contribution < 1.29 is 14.3 Å². The van der Waals surface area contributed by atoms with Crippen molar-refractivity contribution >= 4 is 17.6 Å². The smallest absolute Gasteiger partial charge is 0.308 e. The van der Waals surface area contributed by atoms with Crippen LogP contribution in [0.25, 0.3) is 0 Å². The molecule has 0 aliphatic rings. The third-order valence-electron chi connectivity index (χ3n) is 2.64. The third kappa shape index (κ3) is 4.73. The molecule has 0 aromatic heterocycles. The van der Waals surface area contributed by atoms with E-state index in [9.17, 15) is 9.59 Å². The number of carbonyl (C=O) groups excluding carboxylic acids is 2. The van der Waals surface area contributed by atoms with Gasteiger partial charge in [-0.1, -0.05) is 45.9 Å². The van der Waals surface area contributed by atoms with Crippen LogP contribution >= 0.6 is 0 Å². The highest BCUT2D eigenvalue weighted by atomic mass is 16.5. The highest BCUT2D eigenvalue weighted by Gasteiger charge is 2.12. The number of benzene rings is 1. The van der Waals surface area contributed by atoms with E-state index in [4.69, 9.17) is 4.74 Å². The molecular formula is C15H21NO3. The summed E-state index contributed by atoms with van der Waals surface area (Å²) in [6.07, 6.45) is 0. The van der Waals surface area contributed by atoms with Crippen molar-refractivity contribution in [1.82, 2.24) is 0 Å². The van der Waals surface area contributed by atoms with Gasteiger partial charge in [-0.2, -0.15) is 0 Å². The molecule has 0 heterocycles. The van der Waals surface area contributed by atoms with Crippen LogP contribution in [0.2, 0.25) is 0 Å². The van der Waals surface area contributed by atoms with Crippen molar-refractivity contribution in [1.29, 1.82) is 0 Å². The number of esters is 1. The number of hydrogen-bond donors (Lipinski definition) is 1. The third-order valence-corrected chi connectivity index (χ3v) is 2.64. The second-order valence-electron chi connectivity index (χ2n) is 5.06. The molecule has 0 aliphatic carbocycles. The summed E-state index contributed by atoms with van der Waals surface area (Å²) in [7, 11) is 0. The van der Waals surface area contributed by atoms with E-state index >= 15 is 0 Å². The van der Waals surface area contributed by atoms with E-state index in [2.05, 4.69) is 5.32 Å². The maximum absolute atomic E-state index is 11.7. The van der Waals surface area contributed by atoms with Crippen LogP contribution in [0, 0.1) is 11.8 Å². The average molecular weight is 263 g/mol. The molecule has 104 valence electrons. The van der Waals surface area contributed by atoms with Crippen LogP contribution in [0.1, 0.15) is 33.3 Å². The number of anilines is 1. The molecule has 0 aliphatic heterocycles. The van der Waals surface area contributed by atoms with Crippen molar-refractivity contribution in [3.8, 4) is 0 Å². The zero-order chi connectivity index (χ0) is 14.4. The second-order valence-corrected chi connectivity index (χ2v) is 5.06. The fourth-order valence-corrected chi connectivity index (χ4v) is 1.36. The molecule has 0 saturated carbocycles.